The van der Waals surface area contributed by atoms with Crippen molar-refractivity contribution in [1.82, 2.24) is 0 Å². The monoisotopic (exact) mass is 226 g/mol. The standard InChI is InChI=1S/C12H19FN2O/c1-16-11-7-4-5-9(12(11)13)10(15)6-2-3-8-14/h4-5,7,10H,2-3,6,8,14-15H2,1H3/t10-/m1/s1. The maximum Gasteiger partial charge on any atom is 0.169 e. The van der Waals surface area contributed by atoms with E-state index < -0.39 is 0 Å². The van der Waals surface area contributed by atoms with Crippen molar-refractivity contribution in [3.8, 4) is 5.75 Å². The number of methoxy groups -OCH3 is 1. The number of benzene rings is 1. The largest absolute Gasteiger partial charge is 0.494 e. The minimum Gasteiger partial charge on any atom is -0.494 e. The molecule has 3 nitrogen and oxygen atoms in total. The maximum absolute atomic E-state index is 13.8. The second kappa shape index (κ2) is 6.45. The first kappa shape index (κ1) is 12.9. The van der Waals surface area contributed by atoms with Gasteiger partial charge in [0.2, 0.25) is 0 Å². The molecule has 0 fully saturated rings. The summed E-state index contributed by atoms with van der Waals surface area (Å²) in [5, 5.41) is 0. The Morgan fingerprint density at radius 3 is 2.75 bits per heavy atom. The van der Waals surface area contributed by atoms with Crippen molar-refractivity contribution in [1.29, 1.82) is 0 Å². The van der Waals surface area contributed by atoms with Gasteiger partial charge in [0.05, 0.1) is 7.11 Å². The summed E-state index contributed by atoms with van der Waals surface area (Å²) in [5.74, 6) is -0.114. The molecule has 0 radical (unpaired) electrons. The molecule has 0 heterocycles. The first-order valence-corrected chi connectivity index (χ1v) is 5.48. The molecule has 0 aromatic heterocycles. The molecule has 0 bridgehead atoms. The van der Waals surface area contributed by atoms with Crippen molar-refractivity contribution in [2.75, 3.05) is 13.7 Å². The van der Waals surface area contributed by atoms with E-state index in [0.717, 1.165) is 19.3 Å². The van der Waals surface area contributed by atoms with Gasteiger partial charge in [-0.3, -0.25) is 0 Å². The number of nitrogens with two attached hydrogens (primary N) is 2. The molecular formula is C12H19FN2O. The van der Waals surface area contributed by atoms with Gasteiger partial charge >= 0.3 is 0 Å². The highest BCUT2D eigenvalue weighted by molar-refractivity contribution is 5.32. The van der Waals surface area contributed by atoms with Crippen LogP contribution >= 0.6 is 0 Å². The van der Waals surface area contributed by atoms with Crippen LogP contribution in [-0.4, -0.2) is 13.7 Å². The molecule has 0 saturated carbocycles. The SMILES string of the molecule is COc1cccc([C@H](N)CCCCN)c1F. The highest BCUT2D eigenvalue weighted by atomic mass is 19.1. The Balaban J connectivity index is 2.71. The molecule has 1 aromatic rings. The van der Waals surface area contributed by atoms with E-state index in [-0.39, 0.29) is 17.6 Å². The Labute approximate surface area is 95.6 Å². The van der Waals surface area contributed by atoms with Gasteiger partial charge in [-0.15, -0.1) is 0 Å². The summed E-state index contributed by atoms with van der Waals surface area (Å²) in [7, 11) is 1.45. The molecule has 0 amide bonds. The number of hydrogen-bond donors (Lipinski definition) is 2. The van der Waals surface area contributed by atoms with Crippen molar-refractivity contribution in [2.45, 2.75) is 25.3 Å². The van der Waals surface area contributed by atoms with E-state index in [0.29, 0.717) is 12.1 Å². The van der Waals surface area contributed by atoms with E-state index in [2.05, 4.69) is 0 Å². The number of ether oxygens (including phenoxy) is 1. The number of halogens is 1. The van der Waals surface area contributed by atoms with E-state index in [4.69, 9.17) is 16.2 Å². The summed E-state index contributed by atoms with van der Waals surface area (Å²) in [5.41, 5.74) is 11.8. The molecule has 1 atom stereocenters. The molecule has 0 aliphatic carbocycles. The van der Waals surface area contributed by atoms with Gasteiger partial charge in [0.25, 0.3) is 0 Å². The molecule has 1 aromatic carbocycles. The minimum absolute atomic E-state index is 0.242. The van der Waals surface area contributed by atoms with Gasteiger partial charge in [-0.05, 0) is 25.5 Å². The Morgan fingerprint density at radius 2 is 2.12 bits per heavy atom. The highest BCUT2D eigenvalue weighted by Gasteiger charge is 2.14. The summed E-state index contributed by atoms with van der Waals surface area (Å²) in [4.78, 5) is 0. The normalized spacial score (nSPS) is 12.5. The number of rotatable bonds is 6. The van der Waals surface area contributed by atoms with Crippen molar-refractivity contribution in [3.63, 3.8) is 0 Å². The van der Waals surface area contributed by atoms with E-state index in [1.807, 2.05) is 0 Å². The third kappa shape index (κ3) is 3.18. The summed E-state index contributed by atoms with van der Waals surface area (Å²) in [6.45, 7) is 0.646. The second-order valence-electron chi connectivity index (χ2n) is 3.75. The van der Waals surface area contributed by atoms with Crippen LogP contribution in [0.5, 0.6) is 5.75 Å². The lowest BCUT2D eigenvalue weighted by atomic mass is 10.0. The third-order valence-corrected chi connectivity index (χ3v) is 2.58. The van der Waals surface area contributed by atoms with E-state index in [9.17, 15) is 4.39 Å². The molecule has 4 N–H and O–H groups in total. The fourth-order valence-electron chi connectivity index (χ4n) is 1.64. The second-order valence-corrected chi connectivity index (χ2v) is 3.75. The summed E-state index contributed by atoms with van der Waals surface area (Å²) < 4.78 is 18.7. The molecule has 0 unspecified atom stereocenters. The predicted molar refractivity (Wildman–Crippen MR) is 62.8 cm³/mol. The Hall–Kier alpha value is -1.13. The molecule has 0 aliphatic heterocycles. The smallest absolute Gasteiger partial charge is 0.169 e. The Morgan fingerprint density at radius 1 is 1.38 bits per heavy atom. The van der Waals surface area contributed by atoms with Crippen LogP contribution in [0.1, 0.15) is 30.9 Å². The average molecular weight is 226 g/mol. The van der Waals surface area contributed by atoms with Gasteiger partial charge in [-0.25, -0.2) is 4.39 Å². The number of hydrogen-bond acceptors (Lipinski definition) is 3. The Kier molecular flexibility index (Phi) is 5.22. The minimum atomic E-state index is -0.356. The van der Waals surface area contributed by atoms with Crippen LogP contribution in [0.15, 0.2) is 18.2 Å². The Bertz CT molecular complexity index is 331. The third-order valence-electron chi connectivity index (χ3n) is 2.58. The van der Waals surface area contributed by atoms with Crippen LogP contribution < -0.4 is 16.2 Å². The number of unbranched alkanes of at least 4 members (excludes halogenated alkanes) is 1. The maximum atomic E-state index is 13.8. The van der Waals surface area contributed by atoms with Crippen LogP contribution in [0.2, 0.25) is 0 Å². The molecule has 16 heavy (non-hydrogen) atoms. The van der Waals surface area contributed by atoms with Crippen LogP contribution in [-0.2, 0) is 0 Å². The van der Waals surface area contributed by atoms with Gasteiger partial charge in [-0.2, -0.15) is 0 Å². The average Bonchev–Trinajstić information content (AvgIpc) is 2.29. The van der Waals surface area contributed by atoms with Crippen molar-refractivity contribution < 1.29 is 9.13 Å². The van der Waals surface area contributed by atoms with E-state index in [1.165, 1.54) is 7.11 Å². The zero-order chi connectivity index (χ0) is 12.0. The van der Waals surface area contributed by atoms with Crippen molar-refractivity contribution in [3.05, 3.63) is 29.6 Å². The summed E-state index contributed by atoms with van der Waals surface area (Å²) in [6.07, 6.45) is 2.56. The molecular weight excluding hydrogens is 207 g/mol. The molecule has 0 aliphatic rings. The lowest BCUT2D eigenvalue weighted by molar-refractivity contribution is 0.381. The summed E-state index contributed by atoms with van der Waals surface area (Å²) in [6, 6.07) is 4.75. The molecule has 0 saturated heterocycles. The zero-order valence-electron chi connectivity index (χ0n) is 9.58. The van der Waals surface area contributed by atoms with Gasteiger partial charge in [0.1, 0.15) is 0 Å². The first-order valence-electron chi connectivity index (χ1n) is 5.48. The van der Waals surface area contributed by atoms with Crippen LogP contribution in [0.4, 0.5) is 4.39 Å². The molecule has 0 spiro atoms. The van der Waals surface area contributed by atoms with Gasteiger partial charge in [0.15, 0.2) is 11.6 Å². The quantitative estimate of drug-likeness (QED) is 0.729. The lowest BCUT2D eigenvalue weighted by Crippen LogP contribution is -2.13. The lowest BCUT2D eigenvalue weighted by Gasteiger charge is -2.14. The fraction of sp³-hybridized carbons (Fsp3) is 0.500. The van der Waals surface area contributed by atoms with Crippen molar-refractivity contribution in [2.24, 2.45) is 11.5 Å². The van der Waals surface area contributed by atoms with E-state index in [1.54, 1.807) is 18.2 Å². The predicted octanol–water partition coefficient (Wildman–Crippen LogP) is 1.96. The van der Waals surface area contributed by atoms with Crippen LogP contribution in [0, 0.1) is 5.82 Å². The van der Waals surface area contributed by atoms with E-state index >= 15 is 0 Å². The zero-order valence-corrected chi connectivity index (χ0v) is 9.58. The molecule has 1 rings (SSSR count). The topological polar surface area (TPSA) is 61.3 Å². The fourth-order valence-corrected chi connectivity index (χ4v) is 1.64. The van der Waals surface area contributed by atoms with Crippen molar-refractivity contribution >= 4 is 0 Å². The first-order chi connectivity index (χ1) is 7.70. The van der Waals surface area contributed by atoms with Gasteiger partial charge in [0, 0.05) is 11.6 Å². The van der Waals surface area contributed by atoms with Gasteiger partial charge in [-0.1, -0.05) is 18.6 Å². The molecule has 90 valence electrons. The highest BCUT2D eigenvalue weighted by Crippen LogP contribution is 2.26. The van der Waals surface area contributed by atoms with Crippen LogP contribution in [0.25, 0.3) is 0 Å². The molecule has 4 heteroatoms. The summed E-state index contributed by atoms with van der Waals surface area (Å²) >= 11 is 0. The van der Waals surface area contributed by atoms with Crippen LogP contribution in [0.3, 0.4) is 0 Å². The van der Waals surface area contributed by atoms with Gasteiger partial charge < -0.3 is 16.2 Å².